The molecule has 20 heavy (non-hydrogen) atoms. The number of rotatable bonds is 3. The summed E-state index contributed by atoms with van der Waals surface area (Å²) in [7, 11) is 1.39. The summed E-state index contributed by atoms with van der Waals surface area (Å²) in [6.07, 6.45) is 2.30. The number of thiophene rings is 1. The van der Waals surface area contributed by atoms with E-state index in [-0.39, 0.29) is 5.97 Å². The number of methoxy groups -OCH3 is 1. The maximum Gasteiger partial charge on any atom is 0.350 e. The zero-order valence-electron chi connectivity index (χ0n) is 10.9. The number of nitrogens with one attached hydrogen (secondary N) is 2. The minimum absolute atomic E-state index is 0.345. The molecular formula is C14H14N2O2S2. The lowest BCUT2D eigenvalue weighted by Crippen LogP contribution is -2.30. The average molecular weight is 306 g/mol. The second-order valence-corrected chi connectivity index (χ2v) is 6.13. The van der Waals surface area contributed by atoms with Crippen molar-refractivity contribution in [3.8, 4) is 0 Å². The van der Waals surface area contributed by atoms with Gasteiger partial charge in [-0.15, -0.1) is 11.3 Å². The molecule has 2 N–H and O–H groups in total. The molecule has 1 heterocycles. The minimum atomic E-state index is -0.345. The highest BCUT2D eigenvalue weighted by molar-refractivity contribution is 7.80. The van der Waals surface area contributed by atoms with Crippen molar-refractivity contribution in [3.05, 3.63) is 29.1 Å². The molecule has 104 valence electrons. The molecule has 1 fully saturated rings. The first-order chi connectivity index (χ1) is 9.69. The van der Waals surface area contributed by atoms with E-state index in [0.29, 0.717) is 16.0 Å². The lowest BCUT2D eigenvalue weighted by Gasteiger charge is -2.10. The van der Waals surface area contributed by atoms with Crippen LogP contribution in [0.1, 0.15) is 22.5 Å². The summed E-state index contributed by atoms with van der Waals surface area (Å²) in [5.41, 5.74) is 0.732. The van der Waals surface area contributed by atoms with Gasteiger partial charge in [-0.3, -0.25) is 0 Å². The molecule has 0 atom stereocenters. The summed E-state index contributed by atoms with van der Waals surface area (Å²) in [6.45, 7) is 0. The Kier molecular flexibility index (Phi) is 3.58. The Hall–Kier alpha value is -1.66. The van der Waals surface area contributed by atoms with Crippen LogP contribution in [0.15, 0.2) is 24.3 Å². The Bertz CT molecular complexity index is 677. The van der Waals surface area contributed by atoms with E-state index in [4.69, 9.17) is 17.0 Å². The summed E-state index contributed by atoms with van der Waals surface area (Å²) in [5, 5.41) is 7.90. The highest BCUT2D eigenvalue weighted by Gasteiger charge is 2.24. The Balaban J connectivity index is 1.96. The lowest BCUT2D eigenvalue weighted by molar-refractivity contribution is 0.0607. The van der Waals surface area contributed by atoms with Crippen molar-refractivity contribution in [1.82, 2.24) is 5.32 Å². The number of benzene rings is 1. The van der Waals surface area contributed by atoms with Crippen molar-refractivity contribution in [2.24, 2.45) is 0 Å². The number of thiocarbonyl (C=S) groups is 1. The summed E-state index contributed by atoms with van der Waals surface area (Å²) in [5.74, 6) is -0.345. The molecule has 1 aromatic heterocycles. The molecule has 3 rings (SSSR count). The van der Waals surface area contributed by atoms with Gasteiger partial charge in [0.15, 0.2) is 5.11 Å². The maximum absolute atomic E-state index is 11.9. The maximum atomic E-state index is 11.9. The number of esters is 1. The Morgan fingerprint density at radius 3 is 2.85 bits per heavy atom. The van der Waals surface area contributed by atoms with Gasteiger partial charge in [0.25, 0.3) is 0 Å². The van der Waals surface area contributed by atoms with Crippen LogP contribution in [0, 0.1) is 0 Å². The molecule has 1 aromatic carbocycles. The summed E-state index contributed by atoms with van der Waals surface area (Å²) in [4.78, 5) is 12.5. The fraction of sp³-hybridized carbons (Fsp3) is 0.286. The molecule has 6 heteroatoms. The highest BCUT2D eigenvalue weighted by Crippen LogP contribution is 2.36. The first-order valence-corrected chi connectivity index (χ1v) is 7.59. The van der Waals surface area contributed by atoms with Gasteiger partial charge in [-0.25, -0.2) is 4.79 Å². The van der Waals surface area contributed by atoms with Crippen molar-refractivity contribution in [1.29, 1.82) is 0 Å². The molecule has 4 nitrogen and oxygen atoms in total. The van der Waals surface area contributed by atoms with Crippen LogP contribution in [0.5, 0.6) is 0 Å². The van der Waals surface area contributed by atoms with Crippen LogP contribution < -0.4 is 10.6 Å². The molecule has 0 bridgehead atoms. The largest absolute Gasteiger partial charge is 0.465 e. The molecule has 0 amide bonds. The van der Waals surface area contributed by atoms with Crippen LogP contribution in [0.3, 0.4) is 0 Å². The quantitative estimate of drug-likeness (QED) is 0.674. The van der Waals surface area contributed by atoms with E-state index in [1.807, 2.05) is 24.3 Å². The third-order valence-corrected chi connectivity index (χ3v) is 4.49. The van der Waals surface area contributed by atoms with Crippen LogP contribution in [-0.4, -0.2) is 24.2 Å². The van der Waals surface area contributed by atoms with Gasteiger partial charge < -0.3 is 15.4 Å². The van der Waals surface area contributed by atoms with E-state index >= 15 is 0 Å². The monoisotopic (exact) mass is 306 g/mol. The first-order valence-electron chi connectivity index (χ1n) is 6.36. The van der Waals surface area contributed by atoms with Crippen LogP contribution in [-0.2, 0) is 4.74 Å². The third-order valence-electron chi connectivity index (χ3n) is 3.12. The third kappa shape index (κ3) is 2.62. The summed E-state index contributed by atoms with van der Waals surface area (Å²) >= 11 is 6.70. The Morgan fingerprint density at radius 2 is 2.15 bits per heavy atom. The highest BCUT2D eigenvalue weighted by atomic mass is 32.1. The molecule has 1 saturated carbocycles. The molecule has 1 aliphatic rings. The first kappa shape index (κ1) is 13.3. The summed E-state index contributed by atoms with van der Waals surface area (Å²) in [6, 6.07) is 8.32. The smallest absolute Gasteiger partial charge is 0.350 e. The minimum Gasteiger partial charge on any atom is -0.465 e. The fourth-order valence-electron chi connectivity index (χ4n) is 1.97. The van der Waals surface area contributed by atoms with E-state index in [1.54, 1.807) is 0 Å². The molecule has 0 spiro atoms. The van der Waals surface area contributed by atoms with Crippen molar-refractivity contribution < 1.29 is 9.53 Å². The van der Waals surface area contributed by atoms with Crippen LogP contribution in [0.4, 0.5) is 5.69 Å². The van der Waals surface area contributed by atoms with E-state index in [1.165, 1.54) is 18.4 Å². The number of carbonyl (C=O) groups is 1. The van der Waals surface area contributed by atoms with Gasteiger partial charge >= 0.3 is 5.97 Å². The molecule has 0 radical (unpaired) electrons. The second kappa shape index (κ2) is 5.38. The van der Waals surface area contributed by atoms with E-state index in [9.17, 15) is 4.79 Å². The average Bonchev–Trinajstić information content (AvgIpc) is 3.19. The van der Waals surface area contributed by atoms with Crippen molar-refractivity contribution in [2.45, 2.75) is 18.9 Å². The van der Waals surface area contributed by atoms with E-state index in [0.717, 1.165) is 28.6 Å². The molecular weight excluding hydrogens is 292 g/mol. The summed E-state index contributed by atoms with van der Waals surface area (Å²) < 4.78 is 5.88. The zero-order valence-corrected chi connectivity index (χ0v) is 12.6. The molecule has 2 aromatic rings. The topological polar surface area (TPSA) is 50.4 Å². The second-order valence-electron chi connectivity index (χ2n) is 4.67. The predicted molar refractivity (Wildman–Crippen MR) is 85.5 cm³/mol. The Morgan fingerprint density at radius 1 is 1.40 bits per heavy atom. The van der Waals surface area contributed by atoms with Crippen molar-refractivity contribution >= 4 is 50.4 Å². The van der Waals surface area contributed by atoms with Gasteiger partial charge in [-0.1, -0.05) is 18.2 Å². The molecule has 1 aliphatic carbocycles. The van der Waals surface area contributed by atoms with Gasteiger partial charge in [0.2, 0.25) is 0 Å². The standard InChI is InChI=1S/C14H14N2O2S2/c1-18-13(17)12-11(16-14(19)15-8-6-7-8)9-4-2-3-5-10(9)20-12/h2-5,8H,6-7H2,1H3,(H2,15,16,19). The normalized spacial score (nSPS) is 14.1. The number of ether oxygens (including phenoxy) is 1. The van der Waals surface area contributed by atoms with Gasteiger partial charge in [0.05, 0.1) is 12.8 Å². The van der Waals surface area contributed by atoms with Crippen molar-refractivity contribution in [2.75, 3.05) is 12.4 Å². The van der Waals surface area contributed by atoms with Gasteiger partial charge in [-0.05, 0) is 31.1 Å². The number of fused-ring (bicyclic) bond motifs is 1. The Labute approximate surface area is 126 Å². The van der Waals surface area contributed by atoms with Gasteiger partial charge in [-0.2, -0.15) is 0 Å². The number of hydrogen-bond donors (Lipinski definition) is 2. The predicted octanol–water partition coefficient (Wildman–Crippen LogP) is 3.14. The number of carbonyl (C=O) groups excluding carboxylic acids is 1. The zero-order chi connectivity index (χ0) is 14.1. The fourth-order valence-corrected chi connectivity index (χ4v) is 3.31. The van der Waals surface area contributed by atoms with Crippen LogP contribution in [0.2, 0.25) is 0 Å². The van der Waals surface area contributed by atoms with E-state index < -0.39 is 0 Å². The SMILES string of the molecule is COC(=O)c1sc2ccccc2c1NC(=S)NC1CC1. The van der Waals surface area contributed by atoms with Crippen LogP contribution >= 0.6 is 23.6 Å². The molecule has 0 unspecified atom stereocenters. The lowest BCUT2D eigenvalue weighted by atomic mass is 10.2. The number of hydrogen-bond acceptors (Lipinski definition) is 4. The van der Waals surface area contributed by atoms with Gasteiger partial charge in [0, 0.05) is 16.1 Å². The number of anilines is 1. The molecule has 0 aliphatic heterocycles. The van der Waals surface area contributed by atoms with Gasteiger partial charge in [0.1, 0.15) is 4.88 Å². The van der Waals surface area contributed by atoms with E-state index in [2.05, 4.69) is 10.6 Å². The molecule has 0 saturated heterocycles. The van der Waals surface area contributed by atoms with Crippen molar-refractivity contribution in [3.63, 3.8) is 0 Å². The van der Waals surface area contributed by atoms with Crippen LogP contribution in [0.25, 0.3) is 10.1 Å².